The van der Waals surface area contributed by atoms with Crippen LogP contribution < -0.4 is 5.32 Å². The molecule has 0 bridgehead atoms. The molecule has 23 heavy (non-hydrogen) atoms. The number of aryl methyl sites for hydroxylation is 1. The first-order chi connectivity index (χ1) is 11.3. The fourth-order valence-corrected chi connectivity index (χ4v) is 3.38. The van der Waals surface area contributed by atoms with Crippen molar-refractivity contribution >= 4 is 23.1 Å². The molecule has 1 saturated heterocycles. The fourth-order valence-electron chi connectivity index (χ4n) is 2.67. The quantitative estimate of drug-likeness (QED) is 0.915. The Morgan fingerprint density at radius 3 is 3.13 bits per heavy atom. The van der Waals surface area contributed by atoms with E-state index in [2.05, 4.69) is 16.4 Å². The van der Waals surface area contributed by atoms with Gasteiger partial charge in [-0.1, -0.05) is 12.1 Å². The maximum absolute atomic E-state index is 12.4. The van der Waals surface area contributed by atoms with Crippen LogP contribution in [-0.4, -0.2) is 42.5 Å². The van der Waals surface area contributed by atoms with Gasteiger partial charge in [0.05, 0.1) is 18.8 Å². The smallest absolute Gasteiger partial charge is 0.223 e. The summed E-state index contributed by atoms with van der Waals surface area (Å²) in [4.78, 5) is 20.1. The normalized spacial score (nSPS) is 18.0. The topological polar surface area (TPSA) is 54.5 Å². The van der Waals surface area contributed by atoms with E-state index in [4.69, 9.17) is 4.74 Å². The van der Waals surface area contributed by atoms with Crippen LogP contribution in [0.2, 0.25) is 0 Å². The monoisotopic (exact) mass is 331 g/mol. The molecule has 0 aromatic carbocycles. The van der Waals surface area contributed by atoms with Crippen LogP contribution in [-0.2, 0) is 16.0 Å². The van der Waals surface area contributed by atoms with Crippen LogP contribution in [0.25, 0.3) is 0 Å². The number of rotatable bonds is 5. The van der Waals surface area contributed by atoms with Crippen LogP contribution >= 0.6 is 11.3 Å². The Hall–Kier alpha value is -1.92. The van der Waals surface area contributed by atoms with E-state index in [1.807, 2.05) is 41.6 Å². The molecule has 1 aliphatic heterocycles. The van der Waals surface area contributed by atoms with Crippen LogP contribution in [0.3, 0.4) is 0 Å². The van der Waals surface area contributed by atoms with Gasteiger partial charge in [-0.2, -0.15) is 0 Å². The van der Waals surface area contributed by atoms with E-state index in [1.165, 1.54) is 4.88 Å². The van der Waals surface area contributed by atoms with Gasteiger partial charge in [0, 0.05) is 24.9 Å². The van der Waals surface area contributed by atoms with Gasteiger partial charge in [0.1, 0.15) is 11.9 Å². The van der Waals surface area contributed by atoms with Crippen LogP contribution in [0, 0.1) is 0 Å². The minimum Gasteiger partial charge on any atom is -0.373 e. The van der Waals surface area contributed by atoms with Crippen molar-refractivity contribution in [3.05, 3.63) is 46.3 Å². The molecule has 0 aliphatic carbocycles. The summed E-state index contributed by atoms with van der Waals surface area (Å²) >= 11 is 1.70. The number of hydrogen-bond acceptors (Lipinski definition) is 5. The van der Waals surface area contributed by atoms with E-state index in [1.54, 1.807) is 11.3 Å². The Balaban J connectivity index is 1.59. The summed E-state index contributed by atoms with van der Waals surface area (Å²) in [6.45, 7) is 1.79. The van der Waals surface area contributed by atoms with Crippen molar-refractivity contribution in [3.8, 4) is 0 Å². The van der Waals surface area contributed by atoms with E-state index in [0.29, 0.717) is 26.1 Å². The molecule has 1 amide bonds. The van der Waals surface area contributed by atoms with Gasteiger partial charge in [-0.3, -0.25) is 4.79 Å². The van der Waals surface area contributed by atoms with Gasteiger partial charge in [-0.25, -0.2) is 4.98 Å². The van der Waals surface area contributed by atoms with Gasteiger partial charge >= 0.3 is 0 Å². The average molecular weight is 331 g/mol. The van der Waals surface area contributed by atoms with Crippen molar-refractivity contribution in [2.45, 2.75) is 18.9 Å². The summed E-state index contributed by atoms with van der Waals surface area (Å²) in [5.41, 5.74) is 0.868. The Bertz CT molecular complexity index is 645. The molecule has 0 unspecified atom stereocenters. The number of amides is 1. The maximum Gasteiger partial charge on any atom is 0.223 e. The predicted octanol–water partition coefficient (Wildman–Crippen LogP) is 2.72. The Labute approximate surface area is 140 Å². The Morgan fingerprint density at radius 2 is 2.35 bits per heavy atom. The van der Waals surface area contributed by atoms with Crippen LogP contribution in [0.15, 0.2) is 35.7 Å². The second-order valence-electron chi connectivity index (χ2n) is 5.48. The van der Waals surface area contributed by atoms with E-state index < -0.39 is 0 Å². The number of pyridine rings is 1. The minimum atomic E-state index is -0.150. The van der Waals surface area contributed by atoms with Gasteiger partial charge in [0.15, 0.2) is 0 Å². The SMILES string of the molecule is CNc1cccc([C@H]2CN(C(=O)CCc3cccs3)CCO2)n1. The van der Waals surface area contributed by atoms with Crippen LogP contribution in [0.1, 0.15) is 23.1 Å². The second kappa shape index (κ2) is 7.57. The molecule has 1 aliphatic rings. The lowest BCUT2D eigenvalue weighted by Crippen LogP contribution is -2.42. The van der Waals surface area contributed by atoms with Gasteiger partial charge in [-0.15, -0.1) is 11.3 Å². The summed E-state index contributed by atoms with van der Waals surface area (Å²) in [6, 6.07) is 9.92. The number of aromatic nitrogens is 1. The van der Waals surface area contributed by atoms with Crippen molar-refractivity contribution < 1.29 is 9.53 Å². The lowest BCUT2D eigenvalue weighted by molar-refractivity contribution is -0.139. The van der Waals surface area contributed by atoms with Crippen molar-refractivity contribution in [1.29, 1.82) is 0 Å². The molecule has 0 saturated carbocycles. The van der Waals surface area contributed by atoms with E-state index in [-0.39, 0.29) is 12.0 Å². The third-order valence-electron chi connectivity index (χ3n) is 3.94. The molecule has 3 rings (SSSR count). The molecule has 1 fully saturated rings. The summed E-state index contributed by atoms with van der Waals surface area (Å²) in [6.07, 6.45) is 1.21. The molecular weight excluding hydrogens is 310 g/mol. The highest BCUT2D eigenvalue weighted by molar-refractivity contribution is 7.09. The zero-order valence-corrected chi connectivity index (χ0v) is 14.0. The first-order valence-corrected chi connectivity index (χ1v) is 8.70. The molecule has 0 radical (unpaired) electrons. The zero-order valence-electron chi connectivity index (χ0n) is 13.2. The largest absolute Gasteiger partial charge is 0.373 e. The van der Waals surface area contributed by atoms with Crippen molar-refractivity contribution in [2.75, 3.05) is 32.1 Å². The molecular formula is C17H21N3O2S. The Morgan fingerprint density at radius 1 is 1.43 bits per heavy atom. The second-order valence-corrected chi connectivity index (χ2v) is 6.51. The van der Waals surface area contributed by atoms with Crippen LogP contribution in [0.4, 0.5) is 5.82 Å². The number of nitrogens with one attached hydrogen (secondary N) is 1. The number of carbonyl (C=O) groups is 1. The van der Waals surface area contributed by atoms with Crippen molar-refractivity contribution in [2.24, 2.45) is 0 Å². The summed E-state index contributed by atoms with van der Waals surface area (Å²) in [7, 11) is 1.84. The predicted molar refractivity (Wildman–Crippen MR) is 91.7 cm³/mol. The molecule has 0 spiro atoms. The first kappa shape index (κ1) is 16.0. The molecule has 3 heterocycles. The number of ether oxygens (including phenoxy) is 1. The lowest BCUT2D eigenvalue weighted by Gasteiger charge is -2.32. The van der Waals surface area contributed by atoms with Crippen molar-refractivity contribution in [3.63, 3.8) is 0 Å². The number of nitrogens with zero attached hydrogens (tertiary/aromatic N) is 2. The Kier molecular flexibility index (Phi) is 5.25. The van der Waals surface area contributed by atoms with Crippen molar-refractivity contribution in [1.82, 2.24) is 9.88 Å². The van der Waals surface area contributed by atoms with Gasteiger partial charge in [0.25, 0.3) is 0 Å². The summed E-state index contributed by atoms with van der Waals surface area (Å²) in [5, 5.41) is 5.08. The van der Waals surface area contributed by atoms with Gasteiger partial charge in [-0.05, 0) is 30.0 Å². The number of hydrogen-bond donors (Lipinski definition) is 1. The highest BCUT2D eigenvalue weighted by Gasteiger charge is 2.26. The fraction of sp³-hybridized carbons (Fsp3) is 0.412. The van der Waals surface area contributed by atoms with E-state index in [9.17, 15) is 4.79 Å². The number of carbonyl (C=O) groups excluding carboxylic acids is 1. The standard InChI is InChI=1S/C17H21N3O2S/c1-18-16-6-2-5-14(19-16)15-12-20(9-10-22-15)17(21)8-7-13-4-3-11-23-13/h2-6,11,15H,7-10,12H2,1H3,(H,18,19)/t15-/m1/s1. The third kappa shape index (κ3) is 4.09. The van der Waals surface area contributed by atoms with E-state index >= 15 is 0 Å². The average Bonchev–Trinajstić information content (AvgIpc) is 3.13. The highest BCUT2D eigenvalue weighted by atomic mass is 32.1. The number of morpholine rings is 1. The molecule has 1 N–H and O–H groups in total. The third-order valence-corrected chi connectivity index (χ3v) is 4.88. The number of anilines is 1. The summed E-state index contributed by atoms with van der Waals surface area (Å²) < 4.78 is 5.81. The minimum absolute atomic E-state index is 0.150. The summed E-state index contributed by atoms with van der Waals surface area (Å²) in [5.74, 6) is 1.00. The zero-order chi connectivity index (χ0) is 16.1. The molecule has 122 valence electrons. The van der Waals surface area contributed by atoms with Gasteiger partial charge < -0.3 is 15.0 Å². The maximum atomic E-state index is 12.4. The lowest BCUT2D eigenvalue weighted by atomic mass is 10.1. The highest BCUT2D eigenvalue weighted by Crippen LogP contribution is 2.22. The van der Waals surface area contributed by atoms with Gasteiger partial charge in [0.2, 0.25) is 5.91 Å². The van der Waals surface area contributed by atoms with E-state index in [0.717, 1.165) is 17.9 Å². The molecule has 2 aromatic heterocycles. The molecule has 2 aromatic rings. The molecule has 1 atom stereocenters. The van der Waals surface area contributed by atoms with Crippen LogP contribution in [0.5, 0.6) is 0 Å². The number of thiophene rings is 1. The first-order valence-electron chi connectivity index (χ1n) is 7.82. The molecule has 5 nitrogen and oxygen atoms in total. The molecule has 6 heteroatoms.